The number of amides is 2. The first-order valence-corrected chi connectivity index (χ1v) is 15.4. The molecule has 0 aliphatic heterocycles. The van der Waals surface area contributed by atoms with Gasteiger partial charge in [0.05, 0.1) is 24.0 Å². The quantitative estimate of drug-likeness (QED) is 0.208. The zero-order chi connectivity index (χ0) is 28.8. The molecular formula is C30H35N7O2S2. The second-order valence-electron chi connectivity index (χ2n) is 10.5. The molecule has 2 amide bonds. The molecule has 214 valence electrons. The zero-order valence-corrected chi connectivity index (χ0v) is 24.9. The van der Waals surface area contributed by atoms with E-state index in [1.54, 1.807) is 29.5 Å². The predicted molar refractivity (Wildman–Crippen MR) is 167 cm³/mol. The van der Waals surface area contributed by atoms with Crippen LogP contribution in [0.15, 0.2) is 54.7 Å². The number of hydrogen-bond acceptors (Lipinski definition) is 9. The lowest BCUT2D eigenvalue weighted by Gasteiger charge is -2.27. The van der Waals surface area contributed by atoms with Gasteiger partial charge in [-0.3, -0.25) is 14.5 Å². The van der Waals surface area contributed by atoms with Gasteiger partial charge in [-0.15, -0.1) is 21.5 Å². The van der Waals surface area contributed by atoms with Crippen LogP contribution in [0.25, 0.3) is 0 Å². The van der Waals surface area contributed by atoms with E-state index in [4.69, 9.17) is 5.73 Å². The summed E-state index contributed by atoms with van der Waals surface area (Å²) in [5.74, 6) is 0.723. The lowest BCUT2D eigenvalue weighted by molar-refractivity contribution is -0.118. The summed E-state index contributed by atoms with van der Waals surface area (Å²) in [7, 11) is 3.62. The predicted octanol–water partition coefficient (Wildman–Crippen LogP) is 5.52. The minimum atomic E-state index is -0.0467. The molecule has 41 heavy (non-hydrogen) atoms. The second kappa shape index (κ2) is 13.2. The molecule has 5 rings (SSSR count). The number of benzene rings is 2. The van der Waals surface area contributed by atoms with Crippen LogP contribution in [-0.2, 0) is 28.9 Å². The zero-order valence-electron chi connectivity index (χ0n) is 23.3. The number of carbonyl (C=O) groups is 2. The number of likely N-dealkylation sites (N-methyl/N-ethyl adjacent to an activating group) is 1. The fourth-order valence-corrected chi connectivity index (χ4v) is 7.16. The molecule has 0 saturated heterocycles. The van der Waals surface area contributed by atoms with Crippen LogP contribution in [0.5, 0.6) is 0 Å². The Kier molecular flexibility index (Phi) is 9.25. The summed E-state index contributed by atoms with van der Waals surface area (Å²) in [6, 6.07) is 15.2. The topological polar surface area (TPSA) is 126 Å². The average Bonchev–Trinajstić information content (AvgIpc) is 3.63. The van der Waals surface area contributed by atoms with Crippen molar-refractivity contribution in [3.8, 4) is 0 Å². The summed E-state index contributed by atoms with van der Waals surface area (Å²) < 4.78 is 0. The third-order valence-electron chi connectivity index (χ3n) is 7.39. The summed E-state index contributed by atoms with van der Waals surface area (Å²) in [6.07, 6.45) is 7.57. The highest BCUT2D eigenvalue weighted by Crippen LogP contribution is 2.40. The van der Waals surface area contributed by atoms with Gasteiger partial charge in [0, 0.05) is 37.8 Å². The van der Waals surface area contributed by atoms with Crippen LogP contribution < -0.4 is 21.3 Å². The maximum atomic E-state index is 12.8. The van der Waals surface area contributed by atoms with Crippen molar-refractivity contribution in [1.29, 1.82) is 0 Å². The van der Waals surface area contributed by atoms with Crippen molar-refractivity contribution < 1.29 is 9.59 Å². The average molecular weight is 590 g/mol. The van der Waals surface area contributed by atoms with Crippen LogP contribution in [0.1, 0.15) is 52.7 Å². The molecule has 4 N–H and O–H groups in total. The Balaban J connectivity index is 1.13. The molecule has 1 saturated carbocycles. The Labute approximate surface area is 248 Å². The number of nitrogens with zero attached hydrogens (tertiary/aromatic N) is 4. The summed E-state index contributed by atoms with van der Waals surface area (Å²) in [5.41, 5.74) is 9.33. The number of nitrogens with one attached hydrogen (secondary N) is 2. The number of nitrogens with two attached hydrogens (primary N) is 1. The van der Waals surface area contributed by atoms with Gasteiger partial charge >= 0.3 is 0 Å². The van der Waals surface area contributed by atoms with Crippen molar-refractivity contribution >= 4 is 56.0 Å². The molecule has 2 aromatic carbocycles. The fourth-order valence-electron chi connectivity index (χ4n) is 5.24. The number of anilines is 4. The smallest absolute Gasteiger partial charge is 0.232 e. The molecule has 2 aromatic heterocycles. The van der Waals surface area contributed by atoms with E-state index in [0.717, 1.165) is 63.9 Å². The van der Waals surface area contributed by atoms with Crippen molar-refractivity contribution in [2.75, 3.05) is 35.4 Å². The number of carbonyl (C=O) groups excluding carboxylic acids is 2. The largest absolute Gasteiger partial charge is 0.399 e. The van der Waals surface area contributed by atoms with E-state index in [0.29, 0.717) is 29.1 Å². The summed E-state index contributed by atoms with van der Waals surface area (Å²) in [5, 5.41) is 18.3. The molecule has 4 aromatic rings. The van der Waals surface area contributed by atoms with Crippen molar-refractivity contribution in [3.63, 3.8) is 0 Å². The highest BCUT2D eigenvalue weighted by molar-refractivity contribution is 7.16. The summed E-state index contributed by atoms with van der Waals surface area (Å²) in [6.45, 7) is 0. The van der Waals surface area contributed by atoms with Gasteiger partial charge < -0.3 is 16.4 Å². The van der Waals surface area contributed by atoms with Crippen molar-refractivity contribution in [2.45, 2.75) is 50.9 Å². The molecule has 11 heteroatoms. The summed E-state index contributed by atoms with van der Waals surface area (Å²) in [4.78, 5) is 31.6. The molecule has 2 heterocycles. The van der Waals surface area contributed by atoms with Gasteiger partial charge in [0.2, 0.25) is 16.9 Å². The SMILES string of the molecule is CNc1cccc(CC(=O)Nc2cnc(CC3CCC[C@H](c4nnc(N(C)C(=O)Cc5cccc(N)c5)s4)C3)s2)c1. The van der Waals surface area contributed by atoms with Crippen molar-refractivity contribution in [2.24, 2.45) is 5.92 Å². The minimum absolute atomic E-state index is 0.0435. The first-order valence-electron chi connectivity index (χ1n) is 13.8. The van der Waals surface area contributed by atoms with E-state index in [2.05, 4.69) is 25.8 Å². The number of aromatic nitrogens is 3. The Morgan fingerprint density at radius 2 is 1.85 bits per heavy atom. The number of nitrogen functional groups attached to an aromatic ring is 1. The van der Waals surface area contributed by atoms with Crippen LogP contribution in [0.4, 0.5) is 21.5 Å². The molecule has 0 spiro atoms. The highest BCUT2D eigenvalue weighted by Gasteiger charge is 2.28. The highest BCUT2D eigenvalue weighted by atomic mass is 32.1. The van der Waals surface area contributed by atoms with E-state index in [-0.39, 0.29) is 18.2 Å². The second-order valence-corrected chi connectivity index (χ2v) is 12.6. The molecule has 1 aliphatic rings. The van der Waals surface area contributed by atoms with Gasteiger partial charge in [-0.25, -0.2) is 4.98 Å². The maximum Gasteiger partial charge on any atom is 0.232 e. The molecule has 2 atom stereocenters. The van der Waals surface area contributed by atoms with Gasteiger partial charge in [0.25, 0.3) is 0 Å². The Bertz CT molecular complexity index is 1500. The Morgan fingerprint density at radius 1 is 1.05 bits per heavy atom. The molecule has 1 unspecified atom stereocenters. The lowest BCUT2D eigenvalue weighted by atomic mass is 9.80. The van der Waals surface area contributed by atoms with Gasteiger partial charge in [-0.05, 0) is 60.6 Å². The third kappa shape index (κ3) is 7.68. The lowest BCUT2D eigenvalue weighted by Crippen LogP contribution is -2.27. The van der Waals surface area contributed by atoms with Crippen LogP contribution in [0.3, 0.4) is 0 Å². The van der Waals surface area contributed by atoms with E-state index < -0.39 is 0 Å². The van der Waals surface area contributed by atoms with Gasteiger partial charge in [0.1, 0.15) is 10.0 Å². The first-order chi connectivity index (χ1) is 19.9. The van der Waals surface area contributed by atoms with Crippen LogP contribution in [0.2, 0.25) is 0 Å². The van der Waals surface area contributed by atoms with Crippen molar-refractivity contribution in [3.05, 3.63) is 75.9 Å². The maximum absolute atomic E-state index is 12.8. The monoisotopic (exact) mass is 589 g/mol. The van der Waals surface area contributed by atoms with Gasteiger partial charge in [0.15, 0.2) is 0 Å². The van der Waals surface area contributed by atoms with Crippen LogP contribution in [0, 0.1) is 5.92 Å². The Morgan fingerprint density at radius 3 is 2.66 bits per heavy atom. The van der Waals surface area contributed by atoms with E-state index >= 15 is 0 Å². The number of rotatable bonds is 10. The first kappa shape index (κ1) is 28.7. The number of hydrogen-bond donors (Lipinski definition) is 3. The van der Waals surface area contributed by atoms with Crippen LogP contribution >= 0.6 is 22.7 Å². The standard InChI is InChI=1S/C30H35N7O2S2/c1-32-24-11-5-8-21(14-24)15-25(38)34-27-18-33-26(40-27)16-19-6-3-9-22(12-19)29-35-36-30(41-29)37(2)28(39)17-20-7-4-10-23(31)13-20/h4-5,7-8,10-11,13-14,18-19,22,32H,3,6,9,12,15-17,31H2,1-2H3,(H,34,38)/t19?,22-/m0/s1. The molecule has 9 nitrogen and oxygen atoms in total. The van der Waals surface area contributed by atoms with E-state index in [1.165, 1.54) is 11.3 Å². The molecule has 1 aliphatic carbocycles. The van der Waals surface area contributed by atoms with Crippen molar-refractivity contribution in [1.82, 2.24) is 15.2 Å². The molecular weight excluding hydrogens is 555 g/mol. The molecule has 1 fully saturated rings. The number of thiazole rings is 1. The van der Waals surface area contributed by atoms with E-state index in [9.17, 15) is 9.59 Å². The van der Waals surface area contributed by atoms with E-state index in [1.807, 2.05) is 55.6 Å². The van der Waals surface area contributed by atoms with Gasteiger partial charge in [-0.1, -0.05) is 42.0 Å². The normalized spacial score (nSPS) is 16.7. The van der Waals surface area contributed by atoms with Crippen LogP contribution in [-0.4, -0.2) is 41.1 Å². The minimum Gasteiger partial charge on any atom is -0.399 e. The summed E-state index contributed by atoms with van der Waals surface area (Å²) >= 11 is 3.06. The Hall–Kier alpha value is -3.83. The van der Waals surface area contributed by atoms with Gasteiger partial charge in [-0.2, -0.15) is 0 Å². The third-order valence-corrected chi connectivity index (χ3v) is 9.49. The molecule has 0 radical (unpaired) electrons. The fraction of sp³-hybridized carbons (Fsp3) is 0.367. The molecule has 0 bridgehead atoms.